The highest BCUT2D eigenvalue weighted by atomic mass is 16.5. The van der Waals surface area contributed by atoms with Crippen molar-refractivity contribution >= 4 is 11.9 Å². The van der Waals surface area contributed by atoms with Crippen LogP contribution in [0, 0.1) is 0 Å². The minimum Gasteiger partial charge on any atom is -0.466 e. The highest BCUT2D eigenvalue weighted by molar-refractivity contribution is 5.76. The van der Waals surface area contributed by atoms with Crippen molar-refractivity contribution in [3.63, 3.8) is 0 Å². The molecule has 2 atom stereocenters. The third kappa shape index (κ3) is 53.0. The molecule has 67 heavy (non-hydrogen) atoms. The van der Waals surface area contributed by atoms with E-state index in [4.69, 9.17) is 4.74 Å². The van der Waals surface area contributed by atoms with Gasteiger partial charge in [-0.15, -0.1) is 0 Å². The number of aliphatic hydroxyl groups is 2. The molecule has 6 heteroatoms. The Balaban J connectivity index is 3.53. The van der Waals surface area contributed by atoms with Gasteiger partial charge in [0.15, 0.2) is 0 Å². The largest absolute Gasteiger partial charge is 0.466 e. The van der Waals surface area contributed by atoms with Crippen LogP contribution in [0.5, 0.6) is 0 Å². The summed E-state index contributed by atoms with van der Waals surface area (Å²) in [5.74, 6) is -0.119. The van der Waals surface area contributed by atoms with Crippen molar-refractivity contribution in [1.82, 2.24) is 5.32 Å². The molecule has 0 aliphatic carbocycles. The molecule has 3 N–H and O–H groups in total. The van der Waals surface area contributed by atoms with Crippen molar-refractivity contribution in [3.05, 3.63) is 48.6 Å². The lowest BCUT2D eigenvalue weighted by Crippen LogP contribution is -2.45. The smallest absolute Gasteiger partial charge is 0.305 e. The van der Waals surface area contributed by atoms with E-state index in [0.29, 0.717) is 19.4 Å². The lowest BCUT2D eigenvalue weighted by Gasteiger charge is -2.19. The maximum absolute atomic E-state index is 12.5. The van der Waals surface area contributed by atoms with Gasteiger partial charge in [0.1, 0.15) is 0 Å². The molecule has 0 saturated carbocycles. The van der Waals surface area contributed by atoms with Crippen LogP contribution in [-0.2, 0) is 14.3 Å². The Morgan fingerprint density at radius 2 is 0.746 bits per heavy atom. The molecule has 0 rings (SSSR count). The van der Waals surface area contributed by atoms with Gasteiger partial charge >= 0.3 is 5.97 Å². The molecule has 0 fully saturated rings. The van der Waals surface area contributed by atoms with E-state index in [1.807, 2.05) is 6.08 Å². The van der Waals surface area contributed by atoms with Gasteiger partial charge in [0.25, 0.3) is 0 Å². The average Bonchev–Trinajstić information content (AvgIpc) is 3.33. The number of unbranched alkanes of at least 4 members (excludes halogenated alkanes) is 37. The lowest BCUT2D eigenvalue weighted by molar-refractivity contribution is -0.143. The Labute approximate surface area is 416 Å². The number of carbonyl (C=O) groups is 2. The van der Waals surface area contributed by atoms with Crippen molar-refractivity contribution in [2.45, 2.75) is 315 Å². The van der Waals surface area contributed by atoms with Gasteiger partial charge in [-0.2, -0.15) is 0 Å². The average molecular weight is 941 g/mol. The molecule has 0 saturated heterocycles. The van der Waals surface area contributed by atoms with Gasteiger partial charge in [-0.3, -0.25) is 9.59 Å². The first-order valence-electron chi connectivity index (χ1n) is 29.4. The minimum atomic E-state index is -0.864. The van der Waals surface area contributed by atoms with Crippen molar-refractivity contribution in [2.24, 2.45) is 0 Å². The highest BCUT2D eigenvalue weighted by Gasteiger charge is 2.18. The number of carbonyl (C=O) groups excluding carboxylic acids is 2. The zero-order valence-corrected chi connectivity index (χ0v) is 44.6. The van der Waals surface area contributed by atoms with E-state index in [2.05, 4.69) is 55.6 Å². The SMILES string of the molecule is CCCCCC/C=C\C/C=C\CCCCCCCCCC(=O)OCCCCCCCC/C=C\CCCCCC(=O)NC(CO)C(O)/C=C/CCCCCCCCCCCCCCCCCCC. The van der Waals surface area contributed by atoms with Crippen molar-refractivity contribution in [2.75, 3.05) is 13.2 Å². The van der Waals surface area contributed by atoms with Gasteiger partial charge in [-0.25, -0.2) is 0 Å². The van der Waals surface area contributed by atoms with Crippen LogP contribution < -0.4 is 5.32 Å². The van der Waals surface area contributed by atoms with Gasteiger partial charge in [0, 0.05) is 12.8 Å². The summed E-state index contributed by atoms with van der Waals surface area (Å²) in [4.78, 5) is 24.5. The molecule has 0 bridgehead atoms. The normalized spacial score (nSPS) is 13.0. The molecule has 0 aliphatic rings. The van der Waals surface area contributed by atoms with E-state index < -0.39 is 12.1 Å². The Morgan fingerprint density at radius 1 is 0.418 bits per heavy atom. The molecule has 0 aromatic carbocycles. The number of ether oxygens (including phenoxy) is 1. The van der Waals surface area contributed by atoms with E-state index in [1.165, 1.54) is 199 Å². The molecule has 1 amide bonds. The van der Waals surface area contributed by atoms with E-state index in [0.717, 1.165) is 77.0 Å². The zero-order chi connectivity index (χ0) is 48.6. The molecule has 0 aromatic rings. The number of hydrogen-bond donors (Lipinski definition) is 3. The quantitative estimate of drug-likeness (QED) is 0.0321. The summed E-state index contributed by atoms with van der Waals surface area (Å²) in [5, 5.41) is 23.1. The van der Waals surface area contributed by atoms with E-state index in [9.17, 15) is 19.8 Å². The van der Waals surface area contributed by atoms with Gasteiger partial charge in [0.2, 0.25) is 5.91 Å². The first kappa shape index (κ1) is 64.8. The van der Waals surface area contributed by atoms with Crippen LogP contribution in [0.3, 0.4) is 0 Å². The molecule has 0 spiro atoms. The minimum absolute atomic E-state index is 0.0215. The lowest BCUT2D eigenvalue weighted by atomic mass is 10.0. The summed E-state index contributed by atoms with van der Waals surface area (Å²) in [6, 6.07) is -0.650. The summed E-state index contributed by atoms with van der Waals surface area (Å²) in [7, 11) is 0. The third-order valence-corrected chi connectivity index (χ3v) is 13.3. The Kier molecular flexibility index (Phi) is 54.6. The molecule has 0 aromatic heterocycles. The molecule has 392 valence electrons. The fraction of sp³-hybridized carbons (Fsp3) is 0.836. The van der Waals surface area contributed by atoms with Crippen LogP contribution in [0.2, 0.25) is 0 Å². The van der Waals surface area contributed by atoms with Crippen LogP contribution in [0.15, 0.2) is 48.6 Å². The zero-order valence-electron chi connectivity index (χ0n) is 44.6. The highest BCUT2D eigenvalue weighted by Crippen LogP contribution is 2.16. The second-order valence-corrected chi connectivity index (χ2v) is 20.0. The first-order chi connectivity index (χ1) is 33.0. The van der Waals surface area contributed by atoms with Crippen LogP contribution in [0.1, 0.15) is 303 Å². The molecular weight excluding hydrogens is 827 g/mol. The topological polar surface area (TPSA) is 95.9 Å². The van der Waals surface area contributed by atoms with E-state index >= 15 is 0 Å². The fourth-order valence-corrected chi connectivity index (χ4v) is 8.78. The van der Waals surface area contributed by atoms with E-state index in [-0.39, 0.29) is 18.5 Å². The van der Waals surface area contributed by atoms with Gasteiger partial charge in [-0.1, -0.05) is 249 Å². The number of aliphatic hydroxyl groups excluding tert-OH is 2. The summed E-state index contributed by atoms with van der Waals surface area (Å²) >= 11 is 0. The second kappa shape index (κ2) is 56.4. The summed E-state index contributed by atoms with van der Waals surface area (Å²) in [6.07, 6.45) is 71.3. The summed E-state index contributed by atoms with van der Waals surface area (Å²) < 4.78 is 5.47. The fourth-order valence-electron chi connectivity index (χ4n) is 8.78. The number of hydrogen-bond acceptors (Lipinski definition) is 5. The predicted octanol–water partition coefficient (Wildman–Crippen LogP) is 18.2. The molecular formula is C61H113NO5. The van der Waals surface area contributed by atoms with Crippen LogP contribution in [0.4, 0.5) is 0 Å². The molecule has 0 aliphatic heterocycles. The number of esters is 1. The molecule has 6 nitrogen and oxygen atoms in total. The Morgan fingerprint density at radius 3 is 1.18 bits per heavy atom. The monoisotopic (exact) mass is 940 g/mol. The number of allylic oxidation sites excluding steroid dienone is 7. The number of nitrogens with one attached hydrogen (secondary N) is 1. The third-order valence-electron chi connectivity index (χ3n) is 13.3. The molecule has 0 heterocycles. The standard InChI is InChI=1S/C61H113NO5/c1-3-5-7-9-11-13-15-17-19-21-23-24-26-29-33-37-41-45-49-53-59(64)58(57-63)62-60(65)54-50-46-42-38-34-30-28-32-36-40-44-48-52-56-67-61(66)55-51-47-43-39-35-31-27-25-22-20-18-16-14-12-10-8-6-4-2/h14,16,20,22,30,34,49,53,58-59,63-64H,3-13,15,17-19,21,23-29,31-33,35-48,50-52,54-57H2,1-2H3,(H,62,65)/b16-14-,22-20-,34-30-,53-49+. The maximum Gasteiger partial charge on any atom is 0.305 e. The van der Waals surface area contributed by atoms with Crippen LogP contribution >= 0.6 is 0 Å². The maximum atomic E-state index is 12.5. The Bertz CT molecular complexity index is 1130. The van der Waals surface area contributed by atoms with Crippen LogP contribution in [-0.4, -0.2) is 47.4 Å². The van der Waals surface area contributed by atoms with Gasteiger partial charge in [0.05, 0.1) is 25.4 Å². The Hall–Kier alpha value is -2.18. The molecule has 0 radical (unpaired) electrons. The molecule has 2 unspecified atom stereocenters. The van der Waals surface area contributed by atoms with Crippen molar-refractivity contribution in [1.29, 1.82) is 0 Å². The number of rotatable bonds is 54. The summed E-state index contributed by atoms with van der Waals surface area (Å²) in [6.45, 7) is 4.85. The summed E-state index contributed by atoms with van der Waals surface area (Å²) in [5.41, 5.74) is 0. The predicted molar refractivity (Wildman–Crippen MR) is 292 cm³/mol. The first-order valence-corrected chi connectivity index (χ1v) is 29.4. The van der Waals surface area contributed by atoms with Crippen LogP contribution in [0.25, 0.3) is 0 Å². The van der Waals surface area contributed by atoms with Crippen molar-refractivity contribution < 1.29 is 24.5 Å². The van der Waals surface area contributed by atoms with Crippen molar-refractivity contribution in [3.8, 4) is 0 Å². The van der Waals surface area contributed by atoms with Gasteiger partial charge < -0.3 is 20.3 Å². The van der Waals surface area contributed by atoms with Gasteiger partial charge in [-0.05, 0) is 89.9 Å². The number of amides is 1. The second-order valence-electron chi connectivity index (χ2n) is 20.0. The van der Waals surface area contributed by atoms with E-state index in [1.54, 1.807) is 6.08 Å².